The van der Waals surface area contributed by atoms with E-state index < -0.39 is 0 Å². The van der Waals surface area contributed by atoms with Crippen molar-refractivity contribution in [2.75, 3.05) is 20.2 Å². The lowest BCUT2D eigenvalue weighted by Gasteiger charge is -2.17. The van der Waals surface area contributed by atoms with Crippen LogP contribution in [0.5, 0.6) is 10.9 Å². The Kier molecular flexibility index (Phi) is 4.58. The number of nitrogens with zero attached hydrogens (tertiary/aromatic N) is 2. The molecule has 1 aliphatic rings. The van der Waals surface area contributed by atoms with Crippen molar-refractivity contribution in [1.29, 1.82) is 0 Å². The van der Waals surface area contributed by atoms with Crippen molar-refractivity contribution >= 4 is 17.2 Å². The van der Waals surface area contributed by atoms with Crippen LogP contribution in [0.25, 0.3) is 0 Å². The monoisotopic (exact) mass is 318 g/mol. The number of rotatable bonds is 5. The van der Waals surface area contributed by atoms with Gasteiger partial charge >= 0.3 is 0 Å². The van der Waals surface area contributed by atoms with Gasteiger partial charge in [-0.2, -0.15) is 0 Å². The topological polar surface area (TPSA) is 51.7 Å². The van der Waals surface area contributed by atoms with E-state index in [9.17, 15) is 4.79 Å². The van der Waals surface area contributed by atoms with Gasteiger partial charge in [0.2, 0.25) is 5.91 Å². The van der Waals surface area contributed by atoms with Crippen molar-refractivity contribution in [3.8, 4) is 10.9 Å². The first kappa shape index (κ1) is 14.8. The summed E-state index contributed by atoms with van der Waals surface area (Å²) in [6.45, 7) is 1.34. The van der Waals surface area contributed by atoms with Crippen LogP contribution in [-0.2, 0) is 11.2 Å². The van der Waals surface area contributed by atoms with Gasteiger partial charge in [0.1, 0.15) is 11.9 Å². The Morgan fingerprint density at radius 3 is 3.09 bits per heavy atom. The number of amides is 1. The number of para-hydroxylation sites is 1. The van der Waals surface area contributed by atoms with Gasteiger partial charge in [-0.1, -0.05) is 29.5 Å². The van der Waals surface area contributed by atoms with E-state index in [-0.39, 0.29) is 12.0 Å². The third-order valence-electron chi connectivity index (χ3n) is 3.71. The third-order valence-corrected chi connectivity index (χ3v) is 4.37. The lowest BCUT2D eigenvalue weighted by molar-refractivity contribution is -0.129. The molecule has 0 radical (unpaired) electrons. The van der Waals surface area contributed by atoms with E-state index >= 15 is 0 Å². The quantitative estimate of drug-likeness (QED) is 0.849. The van der Waals surface area contributed by atoms with E-state index in [2.05, 4.69) is 4.98 Å². The van der Waals surface area contributed by atoms with Crippen LogP contribution >= 0.6 is 11.3 Å². The van der Waals surface area contributed by atoms with Gasteiger partial charge in [-0.05, 0) is 6.07 Å². The van der Waals surface area contributed by atoms with Gasteiger partial charge in [0.15, 0.2) is 0 Å². The molecule has 1 aromatic carbocycles. The van der Waals surface area contributed by atoms with E-state index in [0.717, 1.165) is 24.3 Å². The number of thiazole rings is 1. The molecule has 1 aromatic heterocycles. The zero-order chi connectivity index (χ0) is 15.4. The Bertz CT molecular complexity index is 630. The molecule has 5 nitrogen and oxygen atoms in total. The van der Waals surface area contributed by atoms with Crippen LogP contribution in [0.3, 0.4) is 0 Å². The standard InChI is InChI=1S/C16H18N2O3S/c1-20-14-5-3-2-4-12(14)10-15(19)18-8-6-13(11-18)21-16-17-7-9-22-16/h2-5,7,9,13H,6,8,10-11H2,1H3. The molecule has 1 atom stereocenters. The molecule has 1 aliphatic heterocycles. The smallest absolute Gasteiger partial charge is 0.273 e. The maximum Gasteiger partial charge on any atom is 0.273 e. The summed E-state index contributed by atoms with van der Waals surface area (Å²) >= 11 is 1.47. The fraction of sp³-hybridized carbons (Fsp3) is 0.375. The molecule has 1 fully saturated rings. The summed E-state index contributed by atoms with van der Waals surface area (Å²) < 4.78 is 11.1. The normalized spacial score (nSPS) is 17.5. The maximum absolute atomic E-state index is 12.4. The van der Waals surface area contributed by atoms with Crippen molar-refractivity contribution in [1.82, 2.24) is 9.88 Å². The van der Waals surface area contributed by atoms with Crippen LogP contribution in [0, 0.1) is 0 Å². The van der Waals surface area contributed by atoms with Crippen molar-refractivity contribution in [2.24, 2.45) is 0 Å². The zero-order valence-corrected chi connectivity index (χ0v) is 13.2. The summed E-state index contributed by atoms with van der Waals surface area (Å²) in [7, 11) is 1.62. The highest BCUT2D eigenvalue weighted by Gasteiger charge is 2.28. The molecule has 2 aromatic rings. The summed E-state index contributed by atoms with van der Waals surface area (Å²) in [4.78, 5) is 18.4. The number of hydrogen-bond acceptors (Lipinski definition) is 5. The second-order valence-corrected chi connectivity index (χ2v) is 6.01. The molecule has 0 aliphatic carbocycles. The Hall–Kier alpha value is -2.08. The molecule has 0 spiro atoms. The number of carbonyl (C=O) groups excluding carboxylic acids is 1. The molecule has 22 heavy (non-hydrogen) atoms. The molecular weight excluding hydrogens is 300 g/mol. The summed E-state index contributed by atoms with van der Waals surface area (Å²) in [5, 5.41) is 2.55. The van der Waals surface area contributed by atoms with Crippen LogP contribution < -0.4 is 9.47 Å². The molecule has 1 saturated heterocycles. The molecular formula is C16H18N2O3S. The van der Waals surface area contributed by atoms with E-state index in [0.29, 0.717) is 18.2 Å². The average molecular weight is 318 g/mol. The molecule has 116 valence electrons. The lowest BCUT2D eigenvalue weighted by atomic mass is 10.1. The van der Waals surface area contributed by atoms with Crippen LogP contribution in [0.1, 0.15) is 12.0 Å². The molecule has 1 amide bonds. The van der Waals surface area contributed by atoms with E-state index in [1.165, 1.54) is 11.3 Å². The Morgan fingerprint density at radius 2 is 2.32 bits per heavy atom. The van der Waals surface area contributed by atoms with Crippen LogP contribution in [0.4, 0.5) is 0 Å². The van der Waals surface area contributed by atoms with Crippen molar-refractivity contribution in [3.05, 3.63) is 41.4 Å². The number of methoxy groups -OCH3 is 1. The molecule has 3 rings (SSSR count). The van der Waals surface area contributed by atoms with Gasteiger partial charge in [0, 0.05) is 30.1 Å². The SMILES string of the molecule is COc1ccccc1CC(=O)N1CCC(Oc2nccs2)C1. The van der Waals surface area contributed by atoms with E-state index in [4.69, 9.17) is 9.47 Å². The van der Waals surface area contributed by atoms with Gasteiger partial charge in [-0.3, -0.25) is 4.79 Å². The molecule has 0 N–H and O–H groups in total. The number of ether oxygens (including phenoxy) is 2. The van der Waals surface area contributed by atoms with Crippen molar-refractivity contribution in [3.63, 3.8) is 0 Å². The van der Waals surface area contributed by atoms with Gasteiger partial charge in [0.05, 0.1) is 20.1 Å². The maximum atomic E-state index is 12.4. The van der Waals surface area contributed by atoms with E-state index in [1.807, 2.05) is 34.5 Å². The fourth-order valence-electron chi connectivity index (χ4n) is 2.59. The molecule has 2 heterocycles. The Balaban J connectivity index is 1.57. The minimum Gasteiger partial charge on any atom is -0.496 e. The average Bonchev–Trinajstić information content (AvgIpc) is 3.20. The minimum atomic E-state index is 0.0350. The Labute approximate surface area is 133 Å². The van der Waals surface area contributed by atoms with Gasteiger partial charge in [0.25, 0.3) is 5.19 Å². The van der Waals surface area contributed by atoms with Gasteiger partial charge in [-0.25, -0.2) is 4.98 Å². The summed E-state index contributed by atoms with van der Waals surface area (Å²) in [5.41, 5.74) is 0.916. The molecule has 0 bridgehead atoms. The molecule has 6 heteroatoms. The first-order valence-corrected chi connectivity index (χ1v) is 8.10. The van der Waals surface area contributed by atoms with Gasteiger partial charge < -0.3 is 14.4 Å². The highest BCUT2D eigenvalue weighted by Crippen LogP contribution is 2.22. The first-order valence-electron chi connectivity index (χ1n) is 7.22. The highest BCUT2D eigenvalue weighted by molar-refractivity contribution is 7.11. The number of benzene rings is 1. The highest BCUT2D eigenvalue weighted by atomic mass is 32.1. The van der Waals surface area contributed by atoms with Crippen LogP contribution in [-0.4, -0.2) is 42.1 Å². The van der Waals surface area contributed by atoms with Crippen molar-refractivity contribution in [2.45, 2.75) is 18.9 Å². The summed E-state index contributed by atoms with van der Waals surface area (Å²) in [6, 6.07) is 7.63. The Morgan fingerprint density at radius 1 is 1.45 bits per heavy atom. The largest absolute Gasteiger partial charge is 0.496 e. The first-order chi connectivity index (χ1) is 10.8. The summed E-state index contributed by atoms with van der Waals surface area (Å²) in [6.07, 6.45) is 2.96. The predicted octanol–water partition coefficient (Wildman–Crippen LogP) is 2.37. The third kappa shape index (κ3) is 3.39. The number of aromatic nitrogens is 1. The number of hydrogen-bond donors (Lipinski definition) is 0. The fourth-order valence-corrected chi connectivity index (χ4v) is 3.14. The predicted molar refractivity (Wildman–Crippen MR) is 84.4 cm³/mol. The lowest BCUT2D eigenvalue weighted by Crippen LogP contribution is -2.32. The zero-order valence-electron chi connectivity index (χ0n) is 12.4. The molecule has 0 saturated carbocycles. The van der Waals surface area contributed by atoms with Crippen LogP contribution in [0.2, 0.25) is 0 Å². The van der Waals surface area contributed by atoms with Crippen LogP contribution in [0.15, 0.2) is 35.8 Å². The summed E-state index contributed by atoms with van der Waals surface area (Å²) in [5.74, 6) is 0.861. The number of carbonyl (C=O) groups is 1. The second kappa shape index (κ2) is 6.79. The molecule has 1 unspecified atom stereocenters. The van der Waals surface area contributed by atoms with Gasteiger partial charge in [-0.15, -0.1) is 0 Å². The minimum absolute atomic E-state index is 0.0350. The van der Waals surface area contributed by atoms with Crippen molar-refractivity contribution < 1.29 is 14.3 Å². The second-order valence-electron chi connectivity index (χ2n) is 5.15. The number of likely N-dealkylation sites (tertiary alicyclic amines) is 1. The van der Waals surface area contributed by atoms with E-state index in [1.54, 1.807) is 13.3 Å².